The predicted octanol–water partition coefficient (Wildman–Crippen LogP) is 1.78. The Labute approximate surface area is 92.2 Å². The van der Waals surface area contributed by atoms with Gasteiger partial charge < -0.3 is 5.32 Å². The number of halogens is 1. The van der Waals surface area contributed by atoms with Crippen molar-refractivity contribution in [3.63, 3.8) is 0 Å². The highest BCUT2D eigenvalue weighted by atomic mass is 19.1. The second kappa shape index (κ2) is 4.89. The molecule has 0 saturated carbocycles. The number of carbonyl (C=O) groups excluding carboxylic acids is 1. The average molecular weight is 225 g/mol. The number of urea groups is 1. The van der Waals surface area contributed by atoms with E-state index in [-0.39, 0.29) is 5.69 Å². The van der Waals surface area contributed by atoms with Gasteiger partial charge in [0.1, 0.15) is 0 Å². The van der Waals surface area contributed by atoms with E-state index in [9.17, 15) is 9.18 Å². The number of nitrogens with zero attached hydrogens (tertiary/aromatic N) is 2. The maximum Gasteiger partial charge on any atom is 0.345 e. The van der Waals surface area contributed by atoms with Crippen LogP contribution >= 0.6 is 0 Å². The number of rotatable bonds is 1. The fourth-order valence-corrected chi connectivity index (χ4v) is 1.41. The summed E-state index contributed by atoms with van der Waals surface area (Å²) >= 11 is 0. The van der Waals surface area contributed by atoms with E-state index in [1.54, 1.807) is 0 Å². The van der Waals surface area contributed by atoms with Gasteiger partial charge in [0, 0.05) is 6.20 Å². The molecule has 0 atom stereocenters. The Morgan fingerprint density at radius 2 is 2.44 bits per heavy atom. The summed E-state index contributed by atoms with van der Waals surface area (Å²) in [7, 11) is 0. The molecule has 0 unspecified atom stereocenters. The van der Waals surface area contributed by atoms with Gasteiger partial charge in [-0.1, -0.05) is 0 Å². The van der Waals surface area contributed by atoms with Crippen LogP contribution in [0.3, 0.4) is 0 Å². The van der Waals surface area contributed by atoms with E-state index in [0.717, 1.165) is 19.0 Å². The van der Waals surface area contributed by atoms with E-state index in [4.69, 9.17) is 4.84 Å². The van der Waals surface area contributed by atoms with Gasteiger partial charge in [-0.15, -0.1) is 0 Å². The van der Waals surface area contributed by atoms with Crippen molar-refractivity contribution in [1.82, 2.24) is 10.0 Å². The Morgan fingerprint density at radius 3 is 3.12 bits per heavy atom. The fraction of sp³-hybridized carbons (Fsp3) is 0.400. The lowest BCUT2D eigenvalue weighted by Crippen LogP contribution is -2.38. The van der Waals surface area contributed by atoms with Crippen LogP contribution in [0.5, 0.6) is 0 Å². The molecule has 1 aromatic heterocycles. The molecular weight excluding hydrogens is 213 g/mol. The van der Waals surface area contributed by atoms with Crippen LogP contribution in [0, 0.1) is 5.82 Å². The van der Waals surface area contributed by atoms with Crippen molar-refractivity contribution in [3.05, 3.63) is 24.3 Å². The fourth-order valence-electron chi connectivity index (χ4n) is 1.41. The third kappa shape index (κ3) is 2.46. The normalized spacial score (nSPS) is 15.9. The summed E-state index contributed by atoms with van der Waals surface area (Å²) in [6.45, 7) is 1.05. The van der Waals surface area contributed by atoms with Gasteiger partial charge in [0.2, 0.25) is 0 Å². The zero-order valence-corrected chi connectivity index (χ0v) is 8.65. The summed E-state index contributed by atoms with van der Waals surface area (Å²) in [5.41, 5.74) is 0.106. The minimum absolute atomic E-state index is 0.106. The Balaban J connectivity index is 1.99. The lowest BCUT2D eigenvalue weighted by Gasteiger charge is -2.25. The summed E-state index contributed by atoms with van der Waals surface area (Å²) in [6, 6.07) is 0.946. The van der Waals surface area contributed by atoms with E-state index in [1.165, 1.54) is 17.3 Å². The Bertz CT molecular complexity index is 380. The summed E-state index contributed by atoms with van der Waals surface area (Å²) < 4.78 is 13.2. The molecule has 1 saturated heterocycles. The lowest BCUT2D eigenvalue weighted by molar-refractivity contribution is -0.135. The molecule has 1 aliphatic heterocycles. The van der Waals surface area contributed by atoms with Gasteiger partial charge in [0.05, 0.1) is 25.0 Å². The van der Waals surface area contributed by atoms with Crippen molar-refractivity contribution in [2.75, 3.05) is 18.5 Å². The molecule has 0 radical (unpaired) electrons. The largest absolute Gasteiger partial charge is 0.345 e. The number of pyridine rings is 1. The maximum absolute atomic E-state index is 13.2. The topological polar surface area (TPSA) is 54.5 Å². The van der Waals surface area contributed by atoms with Gasteiger partial charge in [-0.05, 0) is 18.9 Å². The molecule has 1 fully saturated rings. The van der Waals surface area contributed by atoms with Crippen LogP contribution in [-0.4, -0.2) is 29.2 Å². The van der Waals surface area contributed by atoms with Crippen molar-refractivity contribution < 1.29 is 14.0 Å². The standard InChI is InChI=1S/C10H12FN3O2/c11-8-7-12-4-3-9(8)13-10(15)14-5-1-2-6-16-14/h3-4,7H,1-2,5-6H2,(H,12,13,15). The molecule has 1 aliphatic rings. The monoisotopic (exact) mass is 225 g/mol. The molecule has 0 aromatic carbocycles. The quantitative estimate of drug-likeness (QED) is 0.792. The summed E-state index contributed by atoms with van der Waals surface area (Å²) in [6.07, 6.45) is 4.29. The first-order chi connectivity index (χ1) is 7.77. The van der Waals surface area contributed by atoms with E-state index >= 15 is 0 Å². The molecule has 0 bridgehead atoms. The van der Waals surface area contributed by atoms with Crippen LogP contribution in [-0.2, 0) is 4.84 Å². The first kappa shape index (κ1) is 10.8. The highest BCUT2D eigenvalue weighted by molar-refractivity contribution is 5.88. The second-order valence-corrected chi connectivity index (χ2v) is 3.43. The smallest absolute Gasteiger partial charge is 0.303 e. The molecular formula is C10H12FN3O2. The van der Waals surface area contributed by atoms with Crippen molar-refractivity contribution in [2.45, 2.75) is 12.8 Å². The molecule has 86 valence electrons. The van der Waals surface area contributed by atoms with Crippen molar-refractivity contribution >= 4 is 11.7 Å². The van der Waals surface area contributed by atoms with Crippen LogP contribution in [0.15, 0.2) is 18.5 Å². The molecule has 5 nitrogen and oxygen atoms in total. The van der Waals surface area contributed by atoms with Crippen LogP contribution in [0.4, 0.5) is 14.9 Å². The molecule has 0 aliphatic carbocycles. The number of hydroxylamine groups is 2. The molecule has 2 rings (SSSR count). The van der Waals surface area contributed by atoms with E-state index < -0.39 is 11.8 Å². The Morgan fingerprint density at radius 1 is 1.56 bits per heavy atom. The highest BCUT2D eigenvalue weighted by Gasteiger charge is 2.18. The van der Waals surface area contributed by atoms with Gasteiger partial charge in [-0.2, -0.15) is 0 Å². The van der Waals surface area contributed by atoms with Crippen LogP contribution in [0.2, 0.25) is 0 Å². The molecule has 6 heteroatoms. The van der Waals surface area contributed by atoms with E-state index in [0.29, 0.717) is 13.2 Å². The van der Waals surface area contributed by atoms with Gasteiger partial charge >= 0.3 is 6.03 Å². The average Bonchev–Trinajstić information content (AvgIpc) is 2.33. The van der Waals surface area contributed by atoms with Crippen molar-refractivity contribution in [1.29, 1.82) is 0 Å². The highest BCUT2D eigenvalue weighted by Crippen LogP contribution is 2.13. The number of carbonyl (C=O) groups is 1. The SMILES string of the molecule is O=C(Nc1ccncc1F)N1CCCCO1. The number of anilines is 1. The van der Waals surface area contributed by atoms with Gasteiger partial charge in [-0.3, -0.25) is 9.82 Å². The molecule has 16 heavy (non-hydrogen) atoms. The minimum atomic E-state index is -0.562. The Kier molecular flexibility index (Phi) is 3.31. The third-order valence-electron chi connectivity index (χ3n) is 2.24. The minimum Gasteiger partial charge on any atom is -0.303 e. The molecule has 2 amide bonds. The van der Waals surface area contributed by atoms with Crippen molar-refractivity contribution in [2.24, 2.45) is 0 Å². The van der Waals surface area contributed by atoms with Crippen LogP contribution in [0.25, 0.3) is 0 Å². The lowest BCUT2D eigenvalue weighted by atomic mass is 10.3. The number of hydrogen-bond donors (Lipinski definition) is 1. The van der Waals surface area contributed by atoms with Crippen molar-refractivity contribution in [3.8, 4) is 0 Å². The first-order valence-corrected chi connectivity index (χ1v) is 5.08. The first-order valence-electron chi connectivity index (χ1n) is 5.08. The number of nitrogens with one attached hydrogen (secondary N) is 1. The summed E-state index contributed by atoms with van der Waals surface area (Å²) in [5.74, 6) is -0.562. The van der Waals surface area contributed by atoms with Gasteiger partial charge in [0.15, 0.2) is 5.82 Å². The third-order valence-corrected chi connectivity index (χ3v) is 2.24. The zero-order chi connectivity index (χ0) is 11.4. The zero-order valence-electron chi connectivity index (χ0n) is 8.65. The number of aromatic nitrogens is 1. The summed E-state index contributed by atoms with van der Waals surface area (Å²) in [4.78, 5) is 20.4. The molecule has 2 heterocycles. The van der Waals surface area contributed by atoms with E-state index in [1.807, 2.05) is 0 Å². The molecule has 1 aromatic rings. The van der Waals surface area contributed by atoms with Crippen LogP contribution < -0.4 is 5.32 Å². The second-order valence-electron chi connectivity index (χ2n) is 3.43. The summed E-state index contributed by atoms with van der Waals surface area (Å²) in [5, 5.41) is 3.64. The predicted molar refractivity (Wildman–Crippen MR) is 55.1 cm³/mol. The number of hydrogen-bond acceptors (Lipinski definition) is 3. The number of amides is 2. The van der Waals surface area contributed by atoms with Gasteiger partial charge in [0.25, 0.3) is 0 Å². The molecule has 0 spiro atoms. The Hall–Kier alpha value is -1.69. The maximum atomic E-state index is 13.2. The van der Waals surface area contributed by atoms with Gasteiger partial charge in [-0.25, -0.2) is 14.2 Å². The van der Waals surface area contributed by atoms with Crippen LogP contribution in [0.1, 0.15) is 12.8 Å². The molecule has 1 N–H and O–H groups in total. The van der Waals surface area contributed by atoms with E-state index in [2.05, 4.69) is 10.3 Å².